The van der Waals surface area contributed by atoms with Gasteiger partial charge < -0.3 is 0 Å². The molecule has 1 aromatic rings. The van der Waals surface area contributed by atoms with Gasteiger partial charge in [0.2, 0.25) is 0 Å². The largest absolute Gasteiger partial charge is 0.207 e. The van der Waals surface area contributed by atoms with E-state index >= 15 is 0 Å². The minimum atomic E-state index is -0.871. The smallest absolute Gasteiger partial charge is 0.165 e. The van der Waals surface area contributed by atoms with Gasteiger partial charge in [0.25, 0.3) is 0 Å². The van der Waals surface area contributed by atoms with Crippen molar-refractivity contribution in [3.63, 3.8) is 0 Å². The Morgan fingerprint density at radius 2 is 1.67 bits per heavy atom. The van der Waals surface area contributed by atoms with Gasteiger partial charge in [0, 0.05) is 12.1 Å². The van der Waals surface area contributed by atoms with E-state index in [1.165, 1.54) is 0 Å². The van der Waals surface area contributed by atoms with E-state index in [0.29, 0.717) is 25.7 Å². The molecule has 0 heterocycles. The number of halogens is 3. The quantitative estimate of drug-likeness (QED) is 0.594. The molecule has 0 aliphatic rings. The van der Waals surface area contributed by atoms with Crippen LogP contribution in [0.15, 0.2) is 12.1 Å². The van der Waals surface area contributed by atoms with Gasteiger partial charge in [0.1, 0.15) is 17.5 Å². The van der Waals surface area contributed by atoms with E-state index in [-0.39, 0.29) is 5.46 Å². The summed E-state index contributed by atoms with van der Waals surface area (Å²) >= 11 is 0. The third kappa shape index (κ3) is 1.81. The van der Waals surface area contributed by atoms with E-state index in [1.807, 2.05) is 6.92 Å². The lowest BCUT2D eigenvalue weighted by atomic mass is 9.67. The van der Waals surface area contributed by atoms with Crippen LogP contribution in [0, 0.1) is 17.5 Å². The average molecular weight is 172 g/mol. The van der Waals surface area contributed by atoms with Crippen LogP contribution < -0.4 is 5.46 Å². The second-order valence-corrected chi connectivity index (χ2v) is 2.60. The molecule has 1 rings (SSSR count). The first kappa shape index (κ1) is 9.17. The van der Waals surface area contributed by atoms with E-state index in [4.69, 9.17) is 0 Å². The van der Waals surface area contributed by atoms with Crippen molar-refractivity contribution in [2.24, 2.45) is 0 Å². The van der Waals surface area contributed by atoms with Crippen molar-refractivity contribution >= 4 is 12.7 Å². The van der Waals surface area contributed by atoms with Gasteiger partial charge in [0.05, 0.1) is 0 Å². The summed E-state index contributed by atoms with van der Waals surface area (Å²) < 4.78 is 38.0. The Morgan fingerprint density at radius 3 is 2.08 bits per heavy atom. The summed E-state index contributed by atoms with van der Waals surface area (Å²) in [6.45, 7) is 1.81. The fourth-order valence-electron chi connectivity index (χ4n) is 1.06. The summed E-state index contributed by atoms with van der Waals surface area (Å²) in [4.78, 5) is 0. The third-order valence-corrected chi connectivity index (χ3v) is 1.61. The Morgan fingerprint density at radius 1 is 1.17 bits per heavy atom. The molecule has 0 amide bonds. The molecule has 0 fully saturated rings. The van der Waals surface area contributed by atoms with Crippen LogP contribution >= 0.6 is 0 Å². The molecule has 0 N–H and O–H groups in total. The molecule has 0 radical (unpaired) electrons. The van der Waals surface area contributed by atoms with Crippen LogP contribution in [0.25, 0.3) is 0 Å². The van der Waals surface area contributed by atoms with Gasteiger partial charge in [-0.25, -0.2) is 13.2 Å². The molecule has 0 nitrogen and oxygen atoms in total. The Labute approximate surface area is 69.6 Å². The predicted octanol–water partition coefficient (Wildman–Crippen LogP) is 1.60. The van der Waals surface area contributed by atoms with E-state index in [1.54, 1.807) is 0 Å². The first-order valence-corrected chi connectivity index (χ1v) is 3.78. The summed E-state index contributed by atoms with van der Waals surface area (Å²) in [5.41, 5.74) is -0.0288. The normalized spacial score (nSPS) is 10.0. The lowest BCUT2D eigenvalue weighted by Crippen LogP contribution is -2.22. The Kier molecular flexibility index (Phi) is 2.79. The van der Waals surface area contributed by atoms with Gasteiger partial charge in [0.15, 0.2) is 7.28 Å². The van der Waals surface area contributed by atoms with Crippen molar-refractivity contribution in [2.75, 3.05) is 0 Å². The Hall–Kier alpha value is -0.925. The summed E-state index contributed by atoms with van der Waals surface area (Å²) in [6, 6.07) is 1.40. The van der Waals surface area contributed by atoms with Crippen LogP contribution in [0.1, 0.15) is 6.92 Å². The molecule has 0 saturated carbocycles. The monoisotopic (exact) mass is 172 g/mol. The molecule has 0 aliphatic carbocycles. The molecule has 0 saturated heterocycles. The predicted molar refractivity (Wildman–Crippen MR) is 43.6 cm³/mol. The van der Waals surface area contributed by atoms with Crippen LogP contribution in [0.3, 0.4) is 0 Å². The SMILES string of the molecule is CCBc1c(F)cc(F)cc1F. The van der Waals surface area contributed by atoms with Gasteiger partial charge >= 0.3 is 0 Å². The van der Waals surface area contributed by atoms with Crippen molar-refractivity contribution in [3.05, 3.63) is 29.6 Å². The standard InChI is InChI=1S/C8H8BF3/c1-2-9-8-6(11)3-5(10)4-7(8)12/h3-4,9H,2H2,1H3. The van der Waals surface area contributed by atoms with Crippen molar-refractivity contribution in [3.8, 4) is 0 Å². The topological polar surface area (TPSA) is 0 Å². The molecule has 0 spiro atoms. The zero-order valence-electron chi connectivity index (χ0n) is 6.70. The Bertz CT molecular complexity index is 263. The van der Waals surface area contributed by atoms with Gasteiger partial charge in [-0.05, 0) is 5.46 Å². The van der Waals surface area contributed by atoms with Crippen LogP contribution in [0.4, 0.5) is 13.2 Å². The van der Waals surface area contributed by atoms with Crippen LogP contribution in [0.5, 0.6) is 0 Å². The van der Waals surface area contributed by atoms with Crippen LogP contribution in [-0.4, -0.2) is 7.28 Å². The van der Waals surface area contributed by atoms with Gasteiger partial charge in [-0.2, -0.15) is 0 Å². The van der Waals surface area contributed by atoms with Crippen molar-refractivity contribution in [1.82, 2.24) is 0 Å². The molecule has 4 heteroatoms. The molecule has 0 atom stereocenters. The maximum absolute atomic E-state index is 12.8. The van der Waals surface area contributed by atoms with E-state index in [0.717, 1.165) is 0 Å². The third-order valence-electron chi connectivity index (χ3n) is 1.61. The minimum Gasteiger partial charge on any atom is -0.207 e. The highest BCUT2D eigenvalue weighted by molar-refractivity contribution is 6.53. The summed E-state index contributed by atoms with van der Waals surface area (Å²) in [6.07, 6.45) is 0.638. The first-order chi connectivity index (χ1) is 5.65. The number of hydrogen-bond acceptors (Lipinski definition) is 0. The molecule has 0 aromatic heterocycles. The average Bonchev–Trinajstić information content (AvgIpc) is 1.96. The number of hydrogen-bond donors (Lipinski definition) is 0. The summed E-state index contributed by atoms with van der Waals surface area (Å²) in [7, 11) is 0.304. The molecule has 12 heavy (non-hydrogen) atoms. The van der Waals surface area contributed by atoms with Gasteiger partial charge in [-0.1, -0.05) is 13.2 Å². The molecule has 0 aliphatic heterocycles. The molecule has 0 bridgehead atoms. The lowest BCUT2D eigenvalue weighted by molar-refractivity contribution is 0.553. The van der Waals surface area contributed by atoms with Crippen molar-refractivity contribution in [1.29, 1.82) is 0 Å². The van der Waals surface area contributed by atoms with Crippen molar-refractivity contribution in [2.45, 2.75) is 13.2 Å². The molecule has 0 unspecified atom stereocenters. The molecular formula is C8H8BF3. The van der Waals surface area contributed by atoms with Crippen LogP contribution in [-0.2, 0) is 0 Å². The fourth-order valence-corrected chi connectivity index (χ4v) is 1.06. The molecule has 1 aromatic carbocycles. The number of rotatable bonds is 2. The highest BCUT2D eigenvalue weighted by Gasteiger charge is 2.10. The zero-order chi connectivity index (χ0) is 9.14. The van der Waals surface area contributed by atoms with Crippen molar-refractivity contribution < 1.29 is 13.2 Å². The maximum Gasteiger partial charge on any atom is 0.165 e. The van der Waals surface area contributed by atoms with Gasteiger partial charge in [-0.3, -0.25) is 0 Å². The minimum absolute atomic E-state index is 0.0288. The second kappa shape index (κ2) is 3.65. The highest BCUT2D eigenvalue weighted by atomic mass is 19.1. The fraction of sp³-hybridized carbons (Fsp3) is 0.250. The maximum atomic E-state index is 12.8. The van der Waals surface area contributed by atoms with E-state index in [9.17, 15) is 13.2 Å². The number of benzene rings is 1. The summed E-state index contributed by atoms with van der Waals surface area (Å²) in [5, 5.41) is 0. The second-order valence-electron chi connectivity index (χ2n) is 2.60. The van der Waals surface area contributed by atoms with Gasteiger partial charge in [-0.15, -0.1) is 0 Å². The first-order valence-electron chi connectivity index (χ1n) is 3.78. The highest BCUT2D eigenvalue weighted by Crippen LogP contribution is 2.03. The zero-order valence-corrected chi connectivity index (χ0v) is 6.70. The van der Waals surface area contributed by atoms with Crippen LogP contribution in [0.2, 0.25) is 6.32 Å². The molecule has 64 valence electrons. The van der Waals surface area contributed by atoms with E-state index in [2.05, 4.69) is 0 Å². The molecular weight excluding hydrogens is 164 g/mol. The summed E-state index contributed by atoms with van der Waals surface area (Å²) in [5.74, 6) is -2.46. The Balaban J connectivity index is 3.10. The lowest BCUT2D eigenvalue weighted by Gasteiger charge is -2.01. The van der Waals surface area contributed by atoms with E-state index < -0.39 is 17.5 Å².